The highest BCUT2D eigenvalue weighted by Gasteiger charge is 2.38. The Morgan fingerprint density at radius 3 is 2.95 bits per heavy atom. The predicted octanol–water partition coefficient (Wildman–Crippen LogP) is 1.44. The molecule has 0 aliphatic carbocycles. The number of rotatable bonds is 2. The van der Waals surface area contributed by atoms with Crippen LogP contribution in [0.15, 0.2) is 24.3 Å². The lowest BCUT2D eigenvalue weighted by atomic mass is 10.1. The van der Waals surface area contributed by atoms with Gasteiger partial charge in [-0.15, -0.1) is 0 Å². The van der Waals surface area contributed by atoms with Gasteiger partial charge in [0.1, 0.15) is 12.0 Å². The zero-order chi connectivity index (χ0) is 13.2. The van der Waals surface area contributed by atoms with E-state index in [1.807, 2.05) is 0 Å². The lowest BCUT2D eigenvalue weighted by Crippen LogP contribution is -2.44. The maximum Gasteiger partial charge on any atom is 0.238 e. The molecule has 2 aliphatic heterocycles. The van der Waals surface area contributed by atoms with E-state index < -0.39 is 0 Å². The molecule has 3 rings (SSSR count). The molecule has 1 N–H and O–H groups in total. The molecule has 2 unspecified atom stereocenters. The summed E-state index contributed by atoms with van der Waals surface area (Å²) in [6.07, 6.45) is 1.48. The van der Waals surface area contributed by atoms with Gasteiger partial charge in [-0.25, -0.2) is 4.39 Å². The predicted molar refractivity (Wildman–Crippen MR) is 67.8 cm³/mol. The Balaban J connectivity index is 1.87. The summed E-state index contributed by atoms with van der Waals surface area (Å²) in [6, 6.07) is 6.64. The van der Waals surface area contributed by atoms with Crippen LogP contribution >= 0.6 is 0 Å². The van der Waals surface area contributed by atoms with E-state index in [0.717, 1.165) is 19.4 Å². The van der Waals surface area contributed by atoms with E-state index in [-0.39, 0.29) is 30.5 Å². The molecule has 2 fully saturated rings. The number of hydrogen-bond acceptors (Lipinski definition) is 3. The van der Waals surface area contributed by atoms with Gasteiger partial charge in [0.25, 0.3) is 0 Å². The van der Waals surface area contributed by atoms with Crippen molar-refractivity contribution >= 4 is 5.91 Å². The van der Waals surface area contributed by atoms with Crippen LogP contribution in [0.2, 0.25) is 0 Å². The van der Waals surface area contributed by atoms with Crippen molar-refractivity contribution < 1.29 is 13.9 Å². The van der Waals surface area contributed by atoms with Crippen molar-refractivity contribution in [2.45, 2.75) is 25.0 Å². The molecule has 1 aromatic carbocycles. The molecule has 0 bridgehead atoms. The summed E-state index contributed by atoms with van der Waals surface area (Å²) < 4.78 is 19.3. The Hall–Kier alpha value is -1.46. The topological polar surface area (TPSA) is 41.6 Å². The molecule has 0 radical (unpaired) electrons. The molecule has 0 saturated carbocycles. The third kappa shape index (κ3) is 2.35. The number of carbonyl (C=O) groups excluding carboxylic acids is 1. The van der Waals surface area contributed by atoms with Crippen molar-refractivity contribution in [1.82, 2.24) is 10.2 Å². The molecular weight excluding hydrogens is 247 g/mol. The first-order valence-electron chi connectivity index (χ1n) is 6.64. The van der Waals surface area contributed by atoms with Gasteiger partial charge in [0.05, 0.1) is 19.2 Å². The molecule has 1 amide bonds. The molecule has 0 aromatic heterocycles. The van der Waals surface area contributed by atoms with Gasteiger partial charge in [0.2, 0.25) is 5.91 Å². The largest absolute Gasteiger partial charge is 0.379 e. The van der Waals surface area contributed by atoms with E-state index in [4.69, 9.17) is 4.74 Å². The highest BCUT2D eigenvalue weighted by molar-refractivity contribution is 5.81. The van der Waals surface area contributed by atoms with Gasteiger partial charge in [-0.1, -0.05) is 18.2 Å². The van der Waals surface area contributed by atoms with Crippen molar-refractivity contribution in [1.29, 1.82) is 0 Å². The first-order chi connectivity index (χ1) is 9.27. The zero-order valence-corrected chi connectivity index (χ0v) is 10.6. The number of halogens is 1. The normalized spacial score (nSPS) is 27.8. The Bertz CT molecular complexity index is 474. The summed E-state index contributed by atoms with van der Waals surface area (Å²) in [5.74, 6) is -0.264. The molecule has 1 aromatic rings. The molecule has 0 spiro atoms. The minimum absolute atomic E-state index is 0.0174. The average molecular weight is 264 g/mol. The van der Waals surface area contributed by atoms with Crippen molar-refractivity contribution in [3.8, 4) is 0 Å². The fourth-order valence-electron chi connectivity index (χ4n) is 2.83. The van der Waals surface area contributed by atoms with Crippen molar-refractivity contribution in [3.63, 3.8) is 0 Å². The molecular formula is C14H17FN2O2. The molecule has 2 heterocycles. The molecule has 2 saturated heterocycles. The Kier molecular flexibility index (Phi) is 3.48. The van der Waals surface area contributed by atoms with Gasteiger partial charge in [0.15, 0.2) is 0 Å². The molecule has 19 heavy (non-hydrogen) atoms. The van der Waals surface area contributed by atoms with Crippen LogP contribution in [0.1, 0.15) is 24.6 Å². The number of hydrogen-bond donors (Lipinski definition) is 1. The second-order valence-corrected chi connectivity index (χ2v) is 4.98. The summed E-state index contributed by atoms with van der Waals surface area (Å²) in [7, 11) is 0. The summed E-state index contributed by atoms with van der Waals surface area (Å²) >= 11 is 0. The van der Waals surface area contributed by atoms with Gasteiger partial charge < -0.3 is 9.64 Å². The highest BCUT2D eigenvalue weighted by Crippen LogP contribution is 2.29. The minimum atomic E-state index is -0.375. The monoisotopic (exact) mass is 264 g/mol. The third-order valence-corrected chi connectivity index (χ3v) is 3.74. The first kappa shape index (κ1) is 12.6. The van der Waals surface area contributed by atoms with E-state index in [9.17, 15) is 9.18 Å². The number of amides is 1. The van der Waals surface area contributed by atoms with Crippen molar-refractivity contribution in [2.75, 3.05) is 19.8 Å². The molecule has 5 heteroatoms. The van der Waals surface area contributed by atoms with Crippen LogP contribution in [-0.2, 0) is 9.53 Å². The maximum absolute atomic E-state index is 13.9. The molecule has 102 valence electrons. The van der Waals surface area contributed by atoms with Crippen LogP contribution in [0, 0.1) is 5.82 Å². The smallest absolute Gasteiger partial charge is 0.238 e. The van der Waals surface area contributed by atoms with E-state index in [2.05, 4.69) is 5.32 Å². The highest BCUT2D eigenvalue weighted by atomic mass is 19.1. The summed E-state index contributed by atoms with van der Waals surface area (Å²) in [6.45, 7) is 1.55. The lowest BCUT2D eigenvalue weighted by molar-refractivity contribution is -0.133. The third-order valence-electron chi connectivity index (χ3n) is 3.74. The van der Waals surface area contributed by atoms with Crippen LogP contribution in [0.4, 0.5) is 4.39 Å². The van der Waals surface area contributed by atoms with Crippen molar-refractivity contribution in [2.24, 2.45) is 0 Å². The summed E-state index contributed by atoms with van der Waals surface area (Å²) in [4.78, 5) is 13.8. The minimum Gasteiger partial charge on any atom is -0.379 e. The maximum atomic E-state index is 13.9. The number of ether oxygens (including phenoxy) is 1. The quantitative estimate of drug-likeness (QED) is 0.878. The number of benzene rings is 1. The van der Waals surface area contributed by atoms with Gasteiger partial charge >= 0.3 is 0 Å². The van der Waals surface area contributed by atoms with Gasteiger partial charge in [-0.2, -0.15) is 0 Å². The van der Waals surface area contributed by atoms with Crippen molar-refractivity contribution in [3.05, 3.63) is 35.6 Å². The van der Waals surface area contributed by atoms with Gasteiger partial charge in [-0.05, 0) is 18.9 Å². The van der Waals surface area contributed by atoms with E-state index in [0.29, 0.717) is 12.2 Å². The lowest BCUT2D eigenvalue weighted by Gasteiger charge is -2.35. The van der Waals surface area contributed by atoms with Crippen LogP contribution < -0.4 is 5.32 Å². The van der Waals surface area contributed by atoms with E-state index >= 15 is 0 Å². The Morgan fingerprint density at radius 2 is 2.21 bits per heavy atom. The van der Waals surface area contributed by atoms with E-state index in [1.165, 1.54) is 6.07 Å². The number of carbonyl (C=O) groups is 1. The standard InChI is InChI=1S/C14H17FN2O2/c15-12-6-2-1-5-11(12)14-16-8-13(18)17(14)10-4-3-7-19-9-10/h1-2,5-6,10,14,16H,3-4,7-9H2. The number of nitrogens with zero attached hydrogens (tertiary/aromatic N) is 1. The fourth-order valence-corrected chi connectivity index (χ4v) is 2.83. The van der Waals surface area contributed by atoms with Crippen LogP contribution in [0.3, 0.4) is 0 Å². The number of nitrogens with one attached hydrogen (secondary N) is 1. The second-order valence-electron chi connectivity index (χ2n) is 4.98. The zero-order valence-electron chi connectivity index (χ0n) is 10.6. The molecule has 2 aliphatic rings. The van der Waals surface area contributed by atoms with Crippen LogP contribution in [0.5, 0.6) is 0 Å². The average Bonchev–Trinajstić information content (AvgIpc) is 2.82. The summed E-state index contributed by atoms with van der Waals surface area (Å²) in [5.41, 5.74) is 0.527. The van der Waals surface area contributed by atoms with Crippen LogP contribution in [-0.4, -0.2) is 36.6 Å². The Morgan fingerprint density at radius 1 is 1.37 bits per heavy atom. The van der Waals surface area contributed by atoms with Gasteiger partial charge in [0, 0.05) is 12.2 Å². The first-order valence-corrected chi connectivity index (χ1v) is 6.64. The molecule has 4 nitrogen and oxygen atoms in total. The molecule has 2 atom stereocenters. The van der Waals surface area contributed by atoms with Gasteiger partial charge in [-0.3, -0.25) is 10.1 Å². The summed E-state index contributed by atoms with van der Waals surface area (Å²) in [5, 5.41) is 3.09. The second kappa shape index (κ2) is 5.27. The fraction of sp³-hybridized carbons (Fsp3) is 0.500. The van der Waals surface area contributed by atoms with Crippen LogP contribution in [0.25, 0.3) is 0 Å². The SMILES string of the molecule is O=C1CNC(c2ccccc2F)N1C1CCCOC1. The Labute approximate surface area is 111 Å². The van der Waals surface area contributed by atoms with E-state index in [1.54, 1.807) is 23.1 Å².